The van der Waals surface area contributed by atoms with Gasteiger partial charge in [-0.05, 0) is 59.8 Å². The van der Waals surface area contributed by atoms with E-state index in [4.69, 9.17) is 0 Å². The van der Waals surface area contributed by atoms with E-state index in [0.717, 1.165) is 10.3 Å². The smallest absolute Gasteiger partial charge is 0.267 e. The van der Waals surface area contributed by atoms with Crippen LogP contribution in [0.1, 0.15) is 31.2 Å². The predicted molar refractivity (Wildman–Crippen MR) is 128 cm³/mol. The van der Waals surface area contributed by atoms with E-state index >= 15 is 0 Å². The molecule has 0 aliphatic rings. The van der Waals surface area contributed by atoms with Gasteiger partial charge in [-0.1, -0.05) is 36.4 Å². The van der Waals surface area contributed by atoms with Crippen molar-refractivity contribution in [1.82, 2.24) is 15.6 Å². The number of nitrogens with one attached hydrogen (secondary N) is 3. The Kier molecular flexibility index (Phi) is 6.73. The number of sulfonamides is 1. The molecule has 2 amide bonds. The number of hydrogen-bond acceptors (Lipinski definition) is 5. The highest BCUT2D eigenvalue weighted by Crippen LogP contribution is 2.31. The number of hydrazine groups is 1. The molecule has 10 heteroatoms. The highest BCUT2D eigenvalue weighted by atomic mass is 32.2. The number of thiophene rings is 1. The minimum Gasteiger partial charge on any atom is -0.267 e. The monoisotopic (exact) mass is 497 g/mol. The van der Waals surface area contributed by atoms with Gasteiger partial charge in [0.25, 0.3) is 11.8 Å². The van der Waals surface area contributed by atoms with Crippen LogP contribution in [0.4, 0.5) is 4.39 Å². The van der Waals surface area contributed by atoms with Gasteiger partial charge in [-0.3, -0.25) is 20.4 Å². The van der Waals surface area contributed by atoms with E-state index in [-0.39, 0.29) is 17.0 Å². The van der Waals surface area contributed by atoms with Gasteiger partial charge in [0.05, 0.1) is 9.77 Å². The second-order valence-electron chi connectivity index (χ2n) is 7.44. The van der Waals surface area contributed by atoms with Crippen LogP contribution in [0.5, 0.6) is 0 Å². The molecule has 34 heavy (non-hydrogen) atoms. The first-order chi connectivity index (χ1) is 16.2. The van der Waals surface area contributed by atoms with Gasteiger partial charge in [0.1, 0.15) is 5.82 Å². The predicted octanol–water partition coefficient (Wildman–Crippen LogP) is 3.90. The van der Waals surface area contributed by atoms with Gasteiger partial charge in [-0.25, -0.2) is 17.5 Å². The highest BCUT2D eigenvalue weighted by Gasteiger charge is 2.19. The number of aryl methyl sites for hydroxylation is 1. The van der Waals surface area contributed by atoms with Crippen molar-refractivity contribution in [2.45, 2.75) is 18.4 Å². The third-order valence-electron chi connectivity index (χ3n) is 5.11. The summed E-state index contributed by atoms with van der Waals surface area (Å²) in [7, 11) is -3.86. The quantitative estimate of drug-likeness (QED) is 0.352. The third kappa shape index (κ3) is 5.14. The molecule has 1 aromatic heterocycles. The summed E-state index contributed by atoms with van der Waals surface area (Å²) in [6.45, 7) is 1.81. The molecule has 0 aliphatic carbocycles. The maximum Gasteiger partial charge on any atom is 0.280 e. The van der Waals surface area contributed by atoms with Gasteiger partial charge < -0.3 is 0 Å². The number of halogens is 1. The topological polar surface area (TPSA) is 104 Å². The molecule has 0 bridgehead atoms. The van der Waals surface area contributed by atoms with Gasteiger partial charge in [0, 0.05) is 16.8 Å². The Morgan fingerprint density at radius 3 is 2.41 bits per heavy atom. The molecule has 0 spiro atoms. The zero-order chi connectivity index (χ0) is 24.3. The molecule has 0 atom stereocenters. The van der Waals surface area contributed by atoms with E-state index in [1.165, 1.54) is 47.7 Å². The van der Waals surface area contributed by atoms with Crippen molar-refractivity contribution in [1.29, 1.82) is 0 Å². The fourth-order valence-electron chi connectivity index (χ4n) is 3.31. The average Bonchev–Trinajstić information content (AvgIpc) is 3.17. The maximum atomic E-state index is 13.5. The molecule has 0 saturated heterocycles. The van der Waals surface area contributed by atoms with Crippen LogP contribution < -0.4 is 15.6 Å². The summed E-state index contributed by atoms with van der Waals surface area (Å²) in [4.78, 5) is 25.4. The van der Waals surface area contributed by atoms with Crippen molar-refractivity contribution in [2.75, 3.05) is 0 Å². The highest BCUT2D eigenvalue weighted by molar-refractivity contribution is 7.89. The lowest BCUT2D eigenvalue weighted by atomic mass is 10.1. The largest absolute Gasteiger partial charge is 0.280 e. The van der Waals surface area contributed by atoms with Crippen LogP contribution in [0.3, 0.4) is 0 Å². The number of benzene rings is 3. The Morgan fingerprint density at radius 2 is 1.65 bits per heavy atom. The normalized spacial score (nSPS) is 11.4. The number of hydrogen-bond donors (Lipinski definition) is 3. The molecule has 4 rings (SSSR count). The first kappa shape index (κ1) is 23.6. The van der Waals surface area contributed by atoms with Crippen molar-refractivity contribution in [2.24, 2.45) is 0 Å². The van der Waals surface area contributed by atoms with E-state index in [1.807, 2.05) is 18.2 Å². The summed E-state index contributed by atoms with van der Waals surface area (Å²) in [6.07, 6.45) is 0. The molecule has 3 N–H and O–H groups in total. The fraction of sp³-hybridized carbons (Fsp3) is 0.0833. The summed E-state index contributed by atoms with van der Waals surface area (Å²) in [5, 5.41) is 0.627. The number of fused-ring (bicyclic) bond motifs is 1. The zero-order valence-electron chi connectivity index (χ0n) is 18.0. The van der Waals surface area contributed by atoms with E-state index in [1.54, 1.807) is 25.1 Å². The van der Waals surface area contributed by atoms with Gasteiger partial charge in [0.15, 0.2) is 0 Å². The van der Waals surface area contributed by atoms with Gasteiger partial charge in [-0.15, -0.1) is 11.3 Å². The van der Waals surface area contributed by atoms with E-state index in [0.29, 0.717) is 15.8 Å². The van der Waals surface area contributed by atoms with Crippen LogP contribution in [0.2, 0.25) is 0 Å². The zero-order valence-corrected chi connectivity index (χ0v) is 19.6. The van der Waals surface area contributed by atoms with Crippen LogP contribution in [0.15, 0.2) is 77.7 Å². The van der Waals surface area contributed by atoms with Crippen LogP contribution in [0.25, 0.3) is 10.1 Å². The van der Waals surface area contributed by atoms with Crippen molar-refractivity contribution >= 4 is 43.3 Å². The molecule has 1 heterocycles. The molecular formula is C24H20FN3O4S2. The number of rotatable bonds is 6. The number of carbonyl (C=O) groups is 2. The van der Waals surface area contributed by atoms with Gasteiger partial charge in [-0.2, -0.15) is 0 Å². The minimum absolute atomic E-state index is 0.0537. The molecule has 4 aromatic rings. The van der Waals surface area contributed by atoms with Crippen LogP contribution in [-0.4, -0.2) is 20.2 Å². The Bertz CT molecular complexity index is 1480. The lowest BCUT2D eigenvalue weighted by molar-refractivity contribution is 0.0848. The third-order valence-corrected chi connectivity index (χ3v) is 7.78. The molecule has 0 unspecified atom stereocenters. The Morgan fingerprint density at radius 1 is 0.912 bits per heavy atom. The van der Waals surface area contributed by atoms with Crippen molar-refractivity contribution in [3.63, 3.8) is 0 Å². The first-order valence-electron chi connectivity index (χ1n) is 10.2. The average molecular weight is 498 g/mol. The van der Waals surface area contributed by atoms with E-state index < -0.39 is 27.7 Å². The molecule has 174 valence electrons. The van der Waals surface area contributed by atoms with E-state index in [9.17, 15) is 22.4 Å². The first-order valence-corrected chi connectivity index (χ1v) is 12.5. The Labute approximate surface area is 199 Å². The van der Waals surface area contributed by atoms with Crippen molar-refractivity contribution < 1.29 is 22.4 Å². The lowest BCUT2D eigenvalue weighted by Gasteiger charge is -2.10. The molecule has 0 radical (unpaired) electrons. The number of carbonyl (C=O) groups excluding carboxylic acids is 2. The summed E-state index contributed by atoms with van der Waals surface area (Å²) in [5.41, 5.74) is 6.08. The van der Waals surface area contributed by atoms with Gasteiger partial charge >= 0.3 is 0 Å². The second-order valence-corrected chi connectivity index (χ2v) is 10.3. The summed E-state index contributed by atoms with van der Waals surface area (Å²) in [6, 6.07) is 18.8. The maximum absolute atomic E-state index is 13.5. The summed E-state index contributed by atoms with van der Waals surface area (Å²) in [5.74, 6) is -1.64. The lowest BCUT2D eigenvalue weighted by Crippen LogP contribution is -2.41. The molecule has 0 fully saturated rings. The van der Waals surface area contributed by atoms with Crippen LogP contribution in [0, 0.1) is 12.7 Å². The summed E-state index contributed by atoms with van der Waals surface area (Å²) < 4.78 is 42.0. The second kappa shape index (κ2) is 9.72. The molecule has 0 aliphatic heterocycles. The van der Waals surface area contributed by atoms with E-state index in [2.05, 4.69) is 15.6 Å². The standard InChI is InChI=1S/C24H20FN3O4S2/c1-15-20-13-18(25)10-11-21(20)33-22(15)24(30)28-27-23(29)17-8-5-9-19(12-17)34(31,32)26-14-16-6-3-2-4-7-16/h2-13,26H,14H2,1H3,(H,27,29)(H,28,30). The van der Waals surface area contributed by atoms with Gasteiger partial charge in [0.2, 0.25) is 10.0 Å². The minimum atomic E-state index is -3.86. The van der Waals surface area contributed by atoms with Crippen molar-refractivity contribution in [3.05, 3.63) is 100 Å². The molecule has 3 aromatic carbocycles. The van der Waals surface area contributed by atoms with Crippen LogP contribution >= 0.6 is 11.3 Å². The number of amides is 2. The van der Waals surface area contributed by atoms with Crippen molar-refractivity contribution in [3.8, 4) is 0 Å². The molecule has 7 nitrogen and oxygen atoms in total. The Hall–Kier alpha value is -3.60. The fourth-order valence-corrected chi connectivity index (χ4v) is 5.46. The SMILES string of the molecule is Cc1c(C(=O)NNC(=O)c2cccc(S(=O)(=O)NCc3ccccc3)c2)sc2ccc(F)cc12. The molecule has 0 saturated carbocycles. The van der Waals surface area contributed by atoms with Crippen LogP contribution in [-0.2, 0) is 16.6 Å². The summed E-state index contributed by atoms with van der Waals surface area (Å²) >= 11 is 1.18. The molecular weight excluding hydrogens is 477 g/mol. The Balaban J connectivity index is 1.43.